The van der Waals surface area contributed by atoms with Crippen molar-refractivity contribution >= 4 is 34.0 Å². The Bertz CT molecular complexity index is 664. The fourth-order valence-electron chi connectivity index (χ4n) is 1.87. The van der Waals surface area contributed by atoms with Gasteiger partial charge in [-0.1, -0.05) is 35.3 Å². The fourth-order valence-corrected chi connectivity index (χ4v) is 3.73. The SMILES string of the molecule is COc1cccc(C(N)CS(=O)c2cc(Cl)ccc2Cl)c1. The van der Waals surface area contributed by atoms with Crippen molar-refractivity contribution in [2.75, 3.05) is 12.9 Å². The van der Waals surface area contributed by atoms with Crippen LogP contribution in [0.25, 0.3) is 0 Å². The molecule has 0 aliphatic carbocycles. The summed E-state index contributed by atoms with van der Waals surface area (Å²) in [5.41, 5.74) is 6.98. The van der Waals surface area contributed by atoms with Gasteiger partial charge in [0.2, 0.25) is 0 Å². The van der Waals surface area contributed by atoms with Crippen molar-refractivity contribution in [2.45, 2.75) is 10.9 Å². The second-order valence-corrected chi connectivity index (χ2v) is 6.78. The first-order valence-corrected chi connectivity index (χ1v) is 8.31. The highest BCUT2D eigenvalue weighted by molar-refractivity contribution is 7.85. The number of methoxy groups -OCH3 is 1. The van der Waals surface area contributed by atoms with Crippen LogP contribution < -0.4 is 10.5 Å². The normalized spacial score (nSPS) is 13.7. The zero-order chi connectivity index (χ0) is 15.4. The lowest BCUT2D eigenvalue weighted by atomic mass is 10.1. The zero-order valence-corrected chi connectivity index (χ0v) is 13.7. The Morgan fingerprint density at radius 2 is 2.00 bits per heavy atom. The van der Waals surface area contributed by atoms with Gasteiger partial charge in [-0.2, -0.15) is 0 Å². The molecule has 2 atom stereocenters. The third-order valence-corrected chi connectivity index (χ3v) is 5.16. The third-order valence-electron chi connectivity index (χ3n) is 2.99. The van der Waals surface area contributed by atoms with Gasteiger partial charge in [0.05, 0.1) is 27.8 Å². The van der Waals surface area contributed by atoms with Crippen LogP contribution in [0, 0.1) is 0 Å². The number of benzene rings is 2. The van der Waals surface area contributed by atoms with Crippen molar-refractivity contribution in [3.8, 4) is 5.75 Å². The van der Waals surface area contributed by atoms with Gasteiger partial charge < -0.3 is 10.5 Å². The standard InChI is InChI=1S/C15H15Cl2NO2S/c1-20-12-4-2-3-10(7-12)14(18)9-21(19)15-8-11(16)5-6-13(15)17/h2-8,14H,9,18H2,1H3. The van der Waals surface area contributed by atoms with Gasteiger partial charge in [-0.05, 0) is 35.9 Å². The first-order valence-electron chi connectivity index (χ1n) is 6.24. The second kappa shape index (κ2) is 7.27. The molecule has 0 spiro atoms. The van der Waals surface area contributed by atoms with Gasteiger partial charge in [0.1, 0.15) is 5.75 Å². The summed E-state index contributed by atoms with van der Waals surface area (Å²) < 4.78 is 17.6. The molecule has 2 aromatic carbocycles. The molecular formula is C15H15Cl2NO2S. The van der Waals surface area contributed by atoms with Gasteiger partial charge in [-0.3, -0.25) is 4.21 Å². The van der Waals surface area contributed by atoms with E-state index in [2.05, 4.69) is 0 Å². The molecule has 2 N–H and O–H groups in total. The van der Waals surface area contributed by atoms with Crippen molar-refractivity contribution in [1.82, 2.24) is 0 Å². The highest BCUT2D eigenvalue weighted by Crippen LogP contribution is 2.26. The number of hydrogen-bond acceptors (Lipinski definition) is 3. The number of hydrogen-bond donors (Lipinski definition) is 1. The summed E-state index contributed by atoms with van der Waals surface area (Å²) in [6.07, 6.45) is 0. The van der Waals surface area contributed by atoms with E-state index in [9.17, 15) is 4.21 Å². The van der Waals surface area contributed by atoms with E-state index in [1.807, 2.05) is 24.3 Å². The quantitative estimate of drug-likeness (QED) is 0.897. The van der Waals surface area contributed by atoms with Crippen LogP contribution >= 0.6 is 23.2 Å². The molecule has 0 radical (unpaired) electrons. The minimum Gasteiger partial charge on any atom is -0.497 e. The summed E-state index contributed by atoms with van der Waals surface area (Å²) in [5.74, 6) is 0.974. The summed E-state index contributed by atoms with van der Waals surface area (Å²) >= 11 is 12.0. The Kier molecular flexibility index (Phi) is 5.65. The van der Waals surface area contributed by atoms with E-state index in [1.54, 1.807) is 25.3 Å². The van der Waals surface area contributed by atoms with Crippen LogP contribution in [0.1, 0.15) is 11.6 Å². The third kappa shape index (κ3) is 4.20. The predicted octanol–water partition coefficient (Wildman–Crippen LogP) is 3.81. The van der Waals surface area contributed by atoms with Gasteiger partial charge in [-0.15, -0.1) is 0 Å². The molecule has 0 aliphatic rings. The van der Waals surface area contributed by atoms with Crippen LogP contribution in [0.4, 0.5) is 0 Å². The Labute approximate surface area is 136 Å². The van der Waals surface area contributed by atoms with E-state index in [4.69, 9.17) is 33.7 Å². The molecule has 112 valence electrons. The first-order chi connectivity index (χ1) is 10.0. The molecule has 2 rings (SSSR count). The van der Waals surface area contributed by atoms with Gasteiger partial charge in [0.25, 0.3) is 0 Å². The molecule has 0 bridgehead atoms. The Morgan fingerprint density at radius 1 is 1.24 bits per heavy atom. The molecule has 0 aromatic heterocycles. The van der Waals surface area contributed by atoms with Gasteiger partial charge in [0.15, 0.2) is 0 Å². The van der Waals surface area contributed by atoms with Crippen molar-refractivity contribution < 1.29 is 8.95 Å². The van der Waals surface area contributed by atoms with Gasteiger partial charge in [-0.25, -0.2) is 0 Å². The molecule has 0 aliphatic heterocycles. The average molecular weight is 344 g/mol. The topological polar surface area (TPSA) is 52.3 Å². The second-order valence-electron chi connectivity index (χ2n) is 4.47. The number of nitrogens with two attached hydrogens (primary N) is 1. The van der Waals surface area contributed by atoms with Crippen LogP contribution in [-0.2, 0) is 10.8 Å². The van der Waals surface area contributed by atoms with E-state index in [0.29, 0.717) is 14.9 Å². The van der Waals surface area contributed by atoms with Crippen molar-refractivity contribution in [1.29, 1.82) is 0 Å². The lowest BCUT2D eigenvalue weighted by molar-refractivity contribution is 0.414. The van der Waals surface area contributed by atoms with Crippen LogP contribution in [-0.4, -0.2) is 17.1 Å². The maximum atomic E-state index is 12.4. The highest BCUT2D eigenvalue weighted by atomic mass is 35.5. The van der Waals surface area contributed by atoms with E-state index < -0.39 is 10.8 Å². The van der Waals surface area contributed by atoms with Crippen molar-refractivity contribution in [3.63, 3.8) is 0 Å². The fraction of sp³-hybridized carbons (Fsp3) is 0.200. The van der Waals surface area contributed by atoms with Crippen LogP contribution in [0.15, 0.2) is 47.4 Å². The Balaban J connectivity index is 2.16. The predicted molar refractivity (Wildman–Crippen MR) is 87.7 cm³/mol. The van der Waals surface area contributed by atoms with Gasteiger partial charge in [0, 0.05) is 16.8 Å². The van der Waals surface area contributed by atoms with Gasteiger partial charge >= 0.3 is 0 Å². The molecule has 0 saturated carbocycles. The van der Waals surface area contributed by atoms with Crippen LogP contribution in [0.3, 0.4) is 0 Å². The van der Waals surface area contributed by atoms with Crippen LogP contribution in [0.2, 0.25) is 10.0 Å². The Morgan fingerprint density at radius 3 is 2.71 bits per heavy atom. The number of halogens is 2. The van der Waals surface area contributed by atoms with E-state index in [-0.39, 0.29) is 11.8 Å². The number of ether oxygens (including phenoxy) is 1. The minimum absolute atomic E-state index is 0.257. The van der Waals surface area contributed by atoms with E-state index in [1.165, 1.54) is 0 Å². The zero-order valence-electron chi connectivity index (χ0n) is 11.4. The molecule has 2 unspecified atom stereocenters. The molecule has 6 heteroatoms. The van der Waals surface area contributed by atoms with E-state index >= 15 is 0 Å². The lowest BCUT2D eigenvalue weighted by Crippen LogP contribution is -2.18. The molecular weight excluding hydrogens is 329 g/mol. The van der Waals surface area contributed by atoms with E-state index in [0.717, 1.165) is 11.3 Å². The summed E-state index contributed by atoms with van der Waals surface area (Å²) in [7, 11) is 0.265. The monoisotopic (exact) mass is 343 g/mol. The summed E-state index contributed by atoms with van der Waals surface area (Å²) in [6, 6.07) is 11.9. The maximum absolute atomic E-state index is 12.4. The Hall–Kier alpha value is -1.07. The molecule has 3 nitrogen and oxygen atoms in total. The average Bonchev–Trinajstić information content (AvgIpc) is 2.49. The lowest BCUT2D eigenvalue weighted by Gasteiger charge is -2.13. The smallest absolute Gasteiger partial charge is 0.119 e. The molecule has 0 heterocycles. The molecule has 0 saturated heterocycles. The molecule has 0 amide bonds. The highest BCUT2D eigenvalue weighted by Gasteiger charge is 2.15. The van der Waals surface area contributed by atoms with Crippen LogP contribution in [0.5, 0.6) is 5.75 Å². The minimum atomic E-state index is -1.33. The molecule has 21 heavy (non-hydrogen) atoms. The largest absolute Gasteiger partial charge is 0.497 e. The molecule has 2 aromatic rings. The first kappa shape index (κ1) is 16.3. The summed E-state index contributed by atoms with van der Waals surface area (Å²) in [4.78, 5) is 0.502. The number of rotatable bonds is 5. The summed E-state index contributed by atoms with van der Waals surface area (Å²) in [6.45, 7) is 0. The van der Waals surface area contributed by atoms with Crippen molar-refractivity contribution in [3.05, 3.63) is 58.1 Å². The maximum Gasteiger partial charge on any atom is 0.119 e. The van der Waals surface area contributed by atoms with Crippen molar-refractivity contribution in [2.24, 2.45) is 5.73 Å². The summed E-state index contributed by atoms with van der Waals surface area (Å²) in [5, 5.41) is 0.924. The molecule has 0 fully saturated rings.